The first-order valence-corrected chi connectivity index (χ1v) is 6.32. The summed E-state index contributed by atoms with van der Waals surface area (Å²) in [7, 11) is 1.74. The topological polar surface area (TPSA) is 9.23 Å². The third-order valence-electron chi connectivity index (χ3n) is 3.34. The molecule has 78 valence electrons. The van der Waals surface area contributed by atoms with E-state index in [1.807, 2.05) is 6.07 Å². The van der Waals surface area contributed by atoms with Crippen molar-refractivity contribution in [2.24, 2.45) is 0 Å². The molecule has 0 amide bonds. The molecule has 1 aromatic carbocycles. The lowest BCUT2D eigenvalue weighted by molar-refractivity contribution is 0.410. The molecule has 15 heavy (non-hydrogen) atoms. The van der Waals surface area contributed by atoms with Crippen LogP contribution in [0.2, 0.25) is 0 Å². The van der Waals surface area contributed by atoms with Crippen molar-refractivity contribution < 1.29 is 4.74 Å². The van der Waals surface area contributed by atoms with Crippen LogP contribution in [0.15, 0.2) is 18.2 Å². The second-order valence-electron chi connectivity index (χ2n) is 4.33. The van der Waals surface area contributed by atoms with Gasteiger partial charge in [-0.2, -0.15) is 0 Å². The van der Waals surface area contributed by atoms with Gasteiger partial charge in [0.05, 0.1) is 7.11 Å². The van der Waals surface area contributed by atoms with Crippen LogP contribution in [-0.2, 0) is 0 Å². The van der Waals surface area contributed by atoms with E-state index >= 15 is 0 Å². The summed E-state index contributed by atoms with van der Waals surface area (Å²) in [5, 5.41) is 0. The highest BCUT2D eigenvalue weighted by Gasteiger charge is 2.16. The summed E-state index contributed by atoms with van der Waals surface area (Å²) >= 11 is 2.85. The first kappa shape index (κ1) is 11.1. The van der Waals surface area contributed by atoms with E-state index in [0.29, 0.717) is 0 Å². The highest BCUT2D eigenvalue weighted by molar-refractivity contribution is 6.33. The first-order chi connectivity index (χ1) is 7.31. The average molecular weight is 216 g/mol. The van der Waals surface area contributed by atoms with Crippen LogP contribution in [0.1, 0.15) is 43.6 Å². The third kappa shape index (κ3) is 2.57. The Morgan fingerprint density at radius 1 is 1.20 bits per heavy atom. The predicted octanol–water partition coefficient (Wildman–Crippen LogP) is 2.54. The second kappa shape index (κ2) is 5.06. The van der Waals surface area contributed by atoms with Gasteiger partial charge < -0.3 is 4.74 Å². The van der Waals surface area contributed by atoms with Crippen LogP contribution in [0.25, 0.3) is 0 Å². The van der Waals surface area contributed by atoms with E-state index in [9.17, 15) is 0 Å². The molecule has 1 saturated carbocycles. The van der Waals surface area contributed by atoms with Gasteiger partial charge in [-0.3, -0.25) is 0 Å². The van der Waals surface area contributed by atoms with E-state index < -0.39 is 0 Å². The van der Waals surface area contributed by atoms with Crippen LogP contribution in [0.5, 0.6) is 5.75 Å². The van der Waals surface area contributed by atoms with Gasteiger partial charge in [0.15, 0.2) is 16.3 Å². The summed E-state index contributed by atoms with van der Waals surface area (Å²) in [6.45, 7) is 0. The lowest BCUT2D eigenvalue weighted by Crippen LogP contribution is -2.16. The Labute approximate surface area is 100 Å². The van der Waals surface area contributed by atoms with Crippen LogP contribution in [-0.4, -0.2) is 23.4 Å². The molecule has 0 saturated heterocycles. The van der Waals surface area contributed by atoms with Crippen LogP contribution < -0.4 is 9.16 Å². The van der Waals surface area contributed by atoms with Gasteiger partial charge >= 0.3 is 0 Å². The number of methoxy groups -OCH3 is 1. The molecule has 0 heterocycles. The SMILES string of the molecule is COc1cc[c]([Al])c(C2CCCCC2)c1. The van der Waals surface area contributed by atoms with Crippen molar-refractivity contribution in [3.05, 3.63) is 23.8 Å². The summed E-state index contributed by atoms with van der Waals surface area (Å²) < 4.78 is 6.63. The molecular formula is C13H17AlO. The molecule has 0 spiro atoms. The van der Waals surface area contributed by atoms with Crippen molar-refractivity contribution >= 4 is 20.7 Å². The highest BCUT2D eigenvalue weighted by atomic mass is 27.0. The van der Waals surface area contributed by atoms with Crippen molar-refractivity contribution in [2.45, 2.75) is 38.0 Å². The zero-order chi connectivity index (χ0) is 10.7. The maximum absolute atomic E-state index is 5.29. The number of hydrogen-bond donors (Lipinski definition) is 0. The van der Waals surface area contributed by atoms with Gasteiger partial charge in [-0.05, 0) is 30.9 Å². The molecule has 1 aliphatic rings. The Bertz CT molecular complexity index is 329. The van der Waals surface area contributed by atoms with E-state index in [0.717, 1.165) is 11.7 Å². The van der Waals surface area contributed by atoms with Crippen LogP contribution in [0, 0.1) is 0 Å². The van der Waals surface area contributed by atoms with Gasteiger partial charge in [-0.25, -0.2) is 0 Å². The Balaban J connectivity index is 2.24. The predicted molar refractivity (Wildman–Crippen MR) is 64.2 cm³/mol. The summed E-state index contributed by atoms with van der Waals surface area (Å²) in [4.78, 5) is 0. The fourth-order valence-corrected chi connectivity index (χ4v) is 2.86. The van der Waals surface area contributed by atoms with Crippen molar-refractivity contribution in [1.82, 2.24) is 0 Å². The molecule has 0 N–H and O–H groups in total. The van der Waals surface area contributed by atoms with Gasteiger partial charge in [0.1, 0.15) is 5.75 Å². The first-order valence-electron chi connectivity index (χ1n) is 5.74. The monoisotopic (exact) mass is 216 g/mol. The fraction of sp³-hybridized carbons (Fsp3) is 0.538. The van der Waals surface area contributed by atoms with Gasteiger partial charge in [0.25, 0.3) is 0 Å². The minimum absolute atomic E-state index is 0.751. The van der Waals surface area contributed by atoms with E-state index in [1.165, 1.54) is 42.1 Å². The maximum Gasteiger partial charge on any atom is 0.176 e. The minimum atomic E-state index is 0.751. The number of hydrogen-bond acceptors (Lipinski definition) is 1. The van der Waals surface area contributed by atoms with E-state index in [4.69, 9.17) is 4.74 Å². The lowest BCUT2D eigenvalue weighted by Gasteiger charge is -2.24. The molecule has 0 atom stereocenters. The van der Waals surface area contributed by atoms with Gasteiger partial charge in [-0.15, -0.1) is 4.43 Å². The van der Waals surface area contributed by atoms with E-state index in [-0.39, 0.29) is 0 Å². The van der Waals surface area contributed by atoms with Gasteiger partial charge in [0.2, 0.25) is 0 Å². The van der Waals surface area contributed by atoms with Crippen molar-refractivity contribution in [3.8, 4) is 5.75 Å². The molecule has 2 rings (SSSR count). The molecule has 2 radical (unpaired) electrons. The Morgan fingerprint density at radius 3 is 2.60 bits per heavy atom. The maximum atomic E-state index is 5.29. The van der Waals surface area contributed by atoms with Crippen molar-refractivity contribution in [3.63, 3.8) is 0 Å². The van der Waals surface area contributed by atoms with Crippen LogP contribution in [0.3, 0.4) is 0 Å². The normalized spacial score (nSPS) is 17.7. The zero-order valence-corrected chi connectivity index (χ0v) is 10.5. The molecule has 1 fully saturated rings. The molecule has 2 heteroatoms. The molecular weight excluding hydrogens is 199 g/mol. The number of benzene rings is 1. The minimum Gasteiger partial charge on any atom is -0.497 e. The molecule has 1 nitrogen and oxygen atoms in total. The molecule has 0 aromatic heterocycles. The van der Waals surface area contributed by atoms with Crippen LogP contribution >= 0.6 is 0 Å². The highest BCUT2D eigenvalue weighted by Crippen LogP contribution is 2.32. The molecule has 0 unspecified atom stereocenters. The van der Waals surface area contributed by atoms with Crippen molar-refractivity contribution in [1.29, 1.82) is 0 Å². The number of rotatable bonds is 2. The Morgan fingerprint density at radius 2 is 1.93 bits per heavy atom. The van der Waals surface area contributed by atoms with Gasteiger partial charge in [-0.1, -0.05) is 30.9 Å². The molecule has 1 aromatic rings. The standard InChI is InChI=1S/C13H17O.Al/c1-14-13-9-5-8-12(10-13)11-6-3-2-4-7-11;/h5,9-11H,2-4,6-7H2,1H3;. The summed E-state index contributed by atoms with van der Waals surface area (Å²) in [6.07, 6.45) is 6.85. The van der Waals surface area contributed by atoms with Crippen LogP contribution in [0.4, 0.5) is 0 Å². The number of ether oxygens (including phenoxy) is 1. The summed E-state index contributed by atoms with van der Waals surface area (Å²) in [6, 6.07) is 6.39. The smallest absolute Gasteiger partial charge is 0.176 e. The lowest BCUT2D eigenvalue weighted by atomic mass is 9.84. The summed E-state index contributed by atoms with van der Waals surface area (Å²) in [5.41, 5.74) is 1.47. The third-order valence-corrected chi connectivity index (χ3v) is 3.86. The van der Waals surface area contributed by atoms with E-state index in [1.54, 1.807) is 7.11 Å². The Hall–Kier alpha value is -0.448. The quantitative estimate of drug-likeness (QED) is 0.690. The average Bonchev–Trinajstić information content (AvgIpc) is 2.31. The van der Waals surface area contributed by atoms with Gasteiger partial charge in [0, 0.05) is 0 Å². The van der Waals surface area contributed by atoms with Crippen molar-refractivity contribution in [2.75, 3.05) is 7.11 Å². The fourth-order valence-electron chi connectivity index (χ4n) is 2.45. The zero-order valence-electron chi connectivity index (χ0n) is 9.33. The summed E-state index contributed by atoms with van der Waals surface area (Å²) in [5.74, 6) is 1.74. The molecule has 0 bridgehead atoms. The Kier molecular flexibility index (Phi) is 3.72. The second-order valence-corrected chi connectivity index (χ2v) is 4.95. The molecule has 0 aliphatic heterocycles. The van der Waals surface area contributed by atoms with E-state index in [2.05, 4.69) is 28.4 Å². The largest absolute Gasteiger partial charge is 0.497 e. The molecule has 1 aliphatic carbocycles.